The smallest absolute Gasteiger partial charge is 0.161 e. The molecule has 2 heterocycles. The Balaban J connectivity index is 2.12. The molecule has 0 aliphatic heterocycles. The minimum Gasteiger partial charge on any atom is -0.361 e. The van der Waals surface area contributed by atoms with Crippen LogP contribution in [-0.2, 0) is 11.5 Å². The molecule has 2 aromatic rings. The molecule has 2 aromatic heterocycles. The van der Waals surface area contributed by atoms with Gasteiger partial charge in [-0.2, -0.15) is 0 Å². The van der Waals surface area contributed by atoms with E-state index in [0.717, 1.165) is 24.6 Å². The summed E-state index contributed by atoms with van der Waals surface area (Å²) in [5.74, 6) is 0. The van der Waals surface area contributed by atoms with E-state index in [1.54, 1.807) is 12.4 Å². The van der Waals surface area contributed by atoms with Crippen molar-refractivity contribution in [1.82, 2.24) is 14.5 Å². The van der Waals surface area contributed by atoms with Gasteiger partial charge in [-0.1, -0.05) is 19.6 Å². The van der Waals surface area contributed by atoms with E-state index in [4.69, 9.17) is 4.74 Å². The minimum atomic E-state index is -1.08. The third kappa shape index (κ3) is 3.52. The van der Waals surface area contributed by atoms with Crippen LogP contribution in [0.3, 0.4) is 0 Å². The summed E-state index contributed by atoms with van der Waals surface area (Å²) in [7, 11) is -1.08. The first-order valence-electron chi connectivity index (χ1n) is 6.76. The molecule has 5 nitrogen and oxygen atoms in total. The number of aromatic nitrogens is 3. The maximum Gasteiger partial charge on any atom is 0.161 e. The summed E-state index contributed by atoms with van der Waals surface area (Å²) < 4.78 is 7.55. The van der Waals surface area contributed by atoms with E-state index in [1.165, 1.54) is 0 Å². The number of aryl methyl sites for hydroxylation is 1. The van der Waals surface area contributed by atoms with Gasteiger partial charge in [0.15, 0.2) is 11.9 Å². The Morgan fingerprint density at radius 3 is 2.80 bits per heavy atom. The van der Waals surface area contributed by atoms with Crippen LogP contribution in [0.15, 0.2) is 12.4 Å². The van der Waals surface area contributed by atoms with Crippen molar-refractivity contribution in [3.05, 3.63) is 23.7 Å². The zero-order valence-electron chi connectivity index (χ0n) is 12.5. The molecular formula is C14H21N3O2Si. The third-order valence-corrected chi connectivity index (χ3v) is 4.77. The Hall–Kier alpha value is -1.53. The number of aldehydes is 1. The molecule has 0 aromatic carbocycles. The van der Waals surface area contributed by atoms with Crippen LogP contribution >= 0.6 is 0 Å². The van der Waals surface area contributed by atoms with Crippen LogP contribution in [0, 0.1) is 6.92 Å². The number of rotatable bonds is 6. The van der Waals surface area contributed by atoms with Gasteiger partial charge in [0, 0.05) is 20.9 Å². The molecule has 0 unspecified atom stereocenters. The zero-order chi connectivity index (χ0) is 14.8. The molecule has 20 heavy (non-hydrogen) atoms. The van der Waals surface area contributed by atoms with Crippen molar-refractivity contribution < 1.29 is 9.53 Å². The lowest BCUT2D eigenvalue weighted by Gasteiger charge is -2.15. The third-order valence-electron chi connectivity index (χ3n) is 3.07. The van der Waals surface area contributed by atoms with E-state index in [1.807, 2.05) is 11.5 Å². The minimum absolute atomic E-state index is 0.409. The Bertz CT molecular complexity index is 617. The normalized spacial score (nSPS) is 12.0. The van der Waals surface area contributed by atoms with Crippen molar-refractivity contribution in [2.75, 3.05) is 6.61 Å². The second-order valence-electron chi connectivity index (χ2n) is 6.20. The van der Waals surface area contributed by atoms with E-state index >= 15 is 0 Å². The van der Waals surface area contributed by atoms with Gasteiger partial charge in [-0.25, -0.2) is 9.97 Å². The zero-order valence-corrected chi connectivity index (χ0v) is 13.5. The lowest BCUT2D eigenvalue weighted by atomic mass is 10.3. The van der Waals surface area contributed by atoms with Gasteiger partial charge in [0.25, 0.3) is 0 Å². The highest BCUT2D eigenvalue weighted by atomic mass is 28.3. The van der Waals surface area contributed by atoms with E-state index in [-0.39, 0.29) is 0 Å². The molecule has 0 fully saturated rings. The van der Waals surface area contributed by atoms with Gasteiger partial charge in [-0.15, -0.1) is 0 Å². The average Bonchev–Trinajstić information content (AvgIpc) is 2.71. The van der Waals surface area contributed by atoms with Crippen LogP contribution in [0.5, 0.6) is 0 Å². The van der Waals surface area contributed by atoms with Crippen LogP contribution in [-0.4, -0.2) is 35.5 Å². The number of ether oxygens (including phenoxy) is 1. The number of nitrogens with zero attached hydrogens (tertiary/aromatic N) is 3. The second kappa shape index (κ2) is 5.84. The fourth-order valence-corrected chi connectivity index (χ4v) is 2.65. The molecule has 0 saturated heterocycles. The van der Waals surface area contributed by atoms with E-state index in [9.17, 15) is 4.79 Å². The van der Waals surface area contributed by atoms with Crippen LogP contribution < -0.4 is 0 Å². The SMILES string of the molecule is Cc1cnc2c(n1)c(C=O)cn2COCC[Si](C)(C)C. The highest BCUT2D eigenvalue weighted by molar-refractivity contribution is 6.76. The summed E-state index contributed by atoms with van der Waals surface area (Å²) in [6.07, 6.45) is 4.27. The van der Waals surface area contributed by atoms with Crippen molar-refractivity contribution in [3.8, 4) is 0 Å². The molecule has 0 saturated carbocycles. The summed E-state index contributed by atoms with van der Waals surface area (Å²) in [4.78, 5) is 19.8. The molecule has 108 valence electrons. The monoisotopic (exact) mass is 291 g/mol. The number of hydrogen-bond acceptors (Lipinski definition) is 4. The Morgan fingerprint density at radius 2 is 2.15 bits per heavy atom. The maximum absolute atomic E-state index is 11.1. The van der Waals surface area contributed by atoms with Crippen molar-refractivity contribution in [1.29, 1.82) is 0 Å². The van der Waals surface area contributed by atoms with E-state index in [2.05, 4.69) is 29.6 Å². The lowest BCUT2D eigenvalue weighted by Crippen LogP contribution is -2.22. The van der Waals surface area contributed by atoms with Gasteiger partial charge in [0.1, 0.15) is 12.2 Å². The van der Waals surface area contributed by atoms with Gasteiger partial charge in [-0.05, 0) is 13.0 Å². The molecule has 2 rings (SSSR count). The summed E-state index contributed by atoms with van der Waals surface area (Å²) in [6, 6.07) is 1.12. The van der Waals surface area contributed by atoms with Gasteiger partial charge in [0.05, 0.1) is 17.5 Å². The average molecular weight is 291 g/mol. The first-order valence-corrected chi connectivity index (χ1v) is 10.5. The first-order chi connectivity index (χ1) is 9.40. The molecule has 0 spiro atoms. The lowest BCUT2D eigenvalue weighted by molar-refractivity contribution is 0.0897. The quantitative estimate of drug-likeness (QED) is 0.466. The first kappa shape index (κ1) is 14.9. The molecule has 0 amide bonds. The largest absolute Gasteiger partial charge is 0.361 e. The Morgan fingerprint density at radius 1 is 1.40 bits per heavy atom. The van der Waals surface area contributed by atoms with Crippen molar-refractivity contribution in [2.45, 2.75) is 39.3 Å². The van der Waals surface area contributed by atoms with Crippen molar-refractivity contribution in [3.63, 3.8) is 0 Å². The van der Waals surface area contributed by atoms with Crippen molar-refractivity contribution >= 4 is 25.5 Å². The summed E-state index contributed by atoms with van der Waals surface area (Å²) in [6.45, 7) is 9.97. The van der Waals surface area contributed by atoms with Crippen molar-refractivity contribution in [2.24, 2.45) is 0 Å². The number of carbonyl (C=O) groups is 1. The van der Waals surface area contributed by atoms with Crippen LogP contribution in [0.25, 0.3) is 11.2 Å². The Kier molecular flexibility index (Phi) is 4.34. The molecule has 0 atom stereocenters. The fourth-order valence-electron chi connectivity index (χ4n) is 1.89. The van der Waals surface area contributed by atoms with Gasteiger partial charge in [-0.3, -0.25) is 4.79 Å². The van der Waals surface area contributed by atoms with E-state index < -0.39 is 8.07 Å². The van der Waals surface area contributed by atoms with Crippen LogP contribution in [0.2, 0.25) is 25.7 Å². The number of hydrogen-bond donors (Lipinski definition) is 0. The summed E-state index contributed by atoms with van der Waals surface area (Å²) >= 11 is 0. The maximum atomic E-state index is 11.1. The highest BCUT2D eigenvalue weighted by Crippen LogP contribution is 2.17. The molecule has 0 bridgehead atoms. The predicted octanol–water partition coefficient (Wildman–Crippen LogP) is 2.86. The number of fused-ring (bicyclic) bond motifs is 1. The van der Waals surface area contributed by atoms with Gasteiger partial charge in [0.2, 0.25) is 0 Å². The molecule has 0 N–H and O–H groups in total. The summed E-state index contributed by atoms with van der Waals surface area (Å²) in [5.41, 5.74) is 2.71. The summed E-state index contributed by atoms with van der Waals surface area (Å²) in [5, 5.41) is 0. The topological polar surface area (TPSA) is 57.0 Å². The fraction of sp³-hybridized carbons (Fsp3) is 0.500. The Labute approximate surface area is 120 Å². The molecular weight excluding hydrogens is 270 g/mol. The molecule has 6 heteroatoms. The molecule has 0 aliphatic rings. The second-order valence-corrected chi connectivity index (χ2v) is 11.8. The van der Waals surface area contributed by atoms with Gasteiger partial charge < -0.3 is 9.30 Å². The van der Waals surface area contributed by atoms with Crippen LogP contribution in [0.1, 0.15) is 16.1 Å². The predicted molar refractivity (Wildman–Crippen MR) is 81.8 cm³/mol. The standard InChI is InChI=1S/C14H21N3O2Si/c1-11-7-15-14-13(16-11)12(9-18)8-17(14)10-19-5-6-20(2,3)4/h7-9H,5-6,10H2,1-4H3. The molecule has 0 radical (unpaired) electrons. The molecule has 0 aliphatic carbocycles. The van der Waals surface area contributed by atoms with Gasteiger partial charge >= 0.3 is 0 Å². The van der Waals surface area contributed by atoms with Crippen LogP contribution in [0.4, 0.5) is 0 Å². The highest BCUT2D eigenvalue weighted by Gasteiger charge is 2.13. The number of carbonyl (C=O) groups excluding carboxylic acids is 1. The van der Waals surface area contributed by atoms with E-state index in [0.29, 0.717) is 23.5 Å².